The van der Waals surface area contributed by atoms with E-state index in [1.54, 1.807) is 11.1 Å². The lowest BCUT2D eigenvalue weighted by atomic mass is 10.2. The molecule has 3 heteroatoms. The second-order valence-electron chi connectivity index (χ2n) is 3.41. The number of hydrogen-bond donors (Lipinski definition) is 0. The Morgan fingerprint density at radius 3 is 2.44 bits per heavy atom. The highest BCUT2D eigenvalue weighted by atomic mass is 16.1. The predicted molar refractivity (Wildman–Crippen MR) is 62.9 cm³/mol. The molecule has 0 atom stereocenters. The summed E-state index contributed by atoms with van der Waals surface area (Å²) in [7, 11) is 0. The minimum Gasteiger partial charge on any atom is -0.295 e. The van der Waals surface area contributed by atoms with Gasteiger partial charge in [-0.15, -0.1) is 0 Å². The van der Waals surface area contributed by atoms with Gasteiger partial charge in [0.1, 0.15) is 5.82 Å². The predicted octanol–water partition coefficient (Wildman–Crippen LogP) is 2.24. The largest absolute Gasteiger partial charge is 0.295 e. The Balaban J connectivity index is 2.16. The fourth-order valence-electron chi connectivity index (χ4n) is 1.48. The van der Waals surface area contributed by atoms with Crippen LogP contribution < -0.4 is 4.90 Å². The number of benzene rings is 1. The highest BCUT2D eigenvalue weighted by molar-refractivity contribution is 5.72. The third-order valence-electron chi connectivity index (χ3n) is 2.27. The Morgan fingerprint density at radius 2 is 1.81 bits per heavy atom. The average molecular weight is 212 g/mol. The van der Waals surface area contributed by atoms with Crippen LogP contribution in [0.1, 0.15) is 5.56 Å². The topological polar surface area (TPSA) is 33.2 Å². The van der Waals surface area contributed by atoms with E-state index in [1.165, 1.54) is 0 Å². The van der Waals surface area contributed by atoms with Gasteiger partial charge in [-0.3, -0.25) is 9.69 Å². The Hall–Kier alpha value is -2.16. The first-order valence-electron chi connectivity index (χ1n) is 5.07. The monoisotopic (exact) mass is 212 g/mol. The van der Waals surface area contributed by atoms with Crippen LogP contribution in [0.25, 0.3) is 0 Å². The number of nitrogens with zero attached hydrogens (tertiary/aromatic N) is 2. The lowest BCUT2D eigenvalue weighted by molar-refractivity contribution is -0.107. The summed E-state index contributed by atoms with van der Waals surface area (Å²) in [5.41, 5.74) is 1.08. The van der Waals surface area contributed by atoms with Crippen LogP contribution in [0.5, 0.6) is 0 Å². The van der Waals surface area contributed by atoms with E-state index < -0.39 is 0 Å². The summed E-state index contributed by atoms with van der Waals surface area (Å²) in [4.78, 5) is 16.7. The third-order valence-corrected chi connectivity index (χ3v) is 2.27. The quantitative estimate of drug-likeness (QED) is 0.728. The fraction of sp³-hybridized carbons (Fsp3) is 0.0769. The second-order valence-corrected chi connectivity index (χ2v) is 3.41. The zero-order valence-electron chi connectivity index (χ0n) is 8.78. The normalized spacial score (nSPS) is 9.75. The number of carbonyl (C=O) groups excluding carboxylic acids is 1. The number of carbonyl (C=O) groups is 1. The second kappa shape index (κ2) is 5.07. The van der Waals surface area contributed by atoms with Crippen LogP contribution >= 0.6 is 0 Å². The fourth-order valence-corrected chi connectivity index (χ4v) is 1.48. The van der Waals surface area contributed by atoms with Crippen molar-refractivity contribution in [2.75, 3.05) is 4.90 Å². The molecule has 2 aromatic rings. The standard InChI is InChI=1S/C13H12N2O/c16-11-15(13-8-4-5-9-14-13)10-12-6-2-1-3-7-12/h1-9,11H,10H2. The van der Waals surface area contributed by atoms with Gasteiger partial charge in [-0.2, -0.15) is 0 Å². The molecule has 3 nitrogen and oxygen atoms in total. The van der Waals surface area contributed by atoms with Gasteiger partial charge in [0.2, 0.25) is 6.41 Å². The summed E-state index contributed by atoms with van der Waals surface area (Å²) in [6.07, 6.45) is 2.48. The van der Waals surface area contributed by atoms with Crippen molar-refractivity contribution in [1.82, 2.24) is 4.98 Å². The number of aromatic nitrogens is 1. The highest BCUT2D eigenvalue weighted by Gasteiger charge is 2.05. The summed E-state index contributed by atoms with van der Waals surface area (Å²) in [6, 6.07) is 15.3. The maximum Gasteiger partial charge on any atom is 0.215 e. The van der Waals surface area contributed by atoms with Crippen LogP contribution in [-0.4, -0.2) is 11.4 Å². The van der Waals surface area contributed by atoms with Crippen molar-refractivity contribution in [3.63, 3.8) is 0 Å². The molecule has 0 fully saturated rings. The maximum atomic E-state index is 11.0. The van der Waals surface area contributed by atoms with Gasteiger partial charge in [-0.25, -0.2) is 4.98 Å². The number of rotatable bonds is 4. The van der Waals surface area contributed by atoms with E-state index in [4.69, 9.17) is 0 Å². The molecular weight excluding hydrogens is 200 g/mol. The molecule has 0 radical (unpaired) electrons. The van der Waals surface area contributed by atoms with Gasteiger partial charge in [0, 0.05) is 6.20 Å². The van der Waals surface area contributed by atoms with Crippen LogP contribution in [-0.2, 0) is 11.3 Å². The van der Waals surface area contributed by atoms with Crippen LogP contribution in [0, 0.1) is 0 Å². The Labute approximate surface area is 94.4 Å². The molecule has 0 spiro atoms. The van der Waals surface area contributed by atoms with Crippen molar-refractivity contribution in [3.05, 3.63) is 60.3 Å². The van der Waals surface area contributed by atoms with Gasteiger partial charge in [0.25, 0.3) is 0 Å². The van der Waals surface area contributed by atoms with E-state index >= 15 is 0 Å². The van der Waals surface area contributed by atoms with Gasteiger partial charge >= 0.3 is 0 Å². The molecule has 80 valence electrons. The van der Waals surface area contributed by atoms with E-state index in [0.717, 1.165) is 12.0 Å². The van der Waals surface area contributed by atoms with Gasteiger partial charge in [-0.1, -0.05) is 36.4 Å². The smallest absolute Gasteiger partial charge is 0.215 e. The zero-order chi connectivity index (χ0) is 11.2. The van der Waals surface area contributed by atoms with E-state index in [1.807, 2.05) is 48.5 Å². The molecule has 0 unspecified atom stereocenters. The number of hydrogen-bond acceptors (Lipinski definition) is 2. The molecule has 0 aliphatic heterocycles. The summed E-state index contributed by atoms with van der Waals surface area (Å²) in [5, 5.41) is 0. The third kappa shape index (κ3) is 2.45. The van der Waals surface area contributed by atoms with Crippen molar-refractivity contribution >= 4 is 12.2 Å². The van der Waals surface area contributed by atoms with Gasteiger partial charge in [0.05, 0.1) is 6.54 Å². The summed E-state index contributed by atoms with van der Waals surface area (Å²) in [5.74, 6) is 0.668. The molecule has 1 aromatic heterocycles. The molecule has 1 heterocycles. The minimum atomic E-state index is 0.543. The molecule has 0 bridgehead atoms. The number of amides is 1. The summed E-state index contributed by atoms with van der Waals surface area (Å²) in [6.45, 7) is 0.543. The molecule has 2 rings (SSSR count). The van der Waals surface area contributed by atoms with E-state index in [2.05, 4.69) is 4.98 Å². The van der Waals surface area contributed by atoms with Crippen LogP contribution in [0.3, 0.4) is 0 Å². The van der Waals surface area contributed by atoms with E-state index in [9.17, 15) is 4.79 Å². The van der Waals surface area contributed by atoms with Crippen LogP contribution in [0.15, 0.2) is 54.7 Å². The van der Waals surface area contributed by atoms with Crippen molar-refractivity contribution in [3.8, 4) is 0 Å². The maximum absolute atomic E-state index is 11.0. The number of pyridine rings is 1. The molecule has 16 heavy (non-hydrogen) atoms. The molecule has 0 aliphatic carbocycles. The SMILES string of the molecule is O=CN(Cc1ccccc1)c1ccccn1. The highest BCUT2D eigenvalue weighted by Crippen LogP contribution is 2.11. The molecular formula is C13H12N2O. The Kier molecular flexibility index (Phi) is 3.28. The van der Waals surface area contributed by atoms with Gasteiger partial charge < -0.3 is 0 Å². The molecule has 1 aromatic carbocycles. The van der Waals surface area contributed by atoms with Gasteiger partial charge in [-0.05, 0) is 17.7 Å². The minimum absolute atomic E-state index is 0.543. The van der Waals surface area contributed by atoms with Crippen molar-refractivity contribution in [2.45, 2.75) is 6.54 Å². The molecule has 0 N–H and O–H groups in total. The molecule has 0 saturated carbocycles. The Morgan fingerprint density at radius 1 is 1.06 bits per heavy atom. The van der Waals surface area contributed by atoms with Crippen LogP contribution in [0.4, 0.5) is 5.82 Å². The van der Waals surface area contributed by atoms with E-state index in [-0.39, 0.29) is 0 Å². The molecule has 0 aliphatic rings. The van der Waals surface area contributed by atoms with Gasteiger partial charge in [0.15, 0.2) is 0 Å². The first-order valence-corrected chi connectivity index (χ1v) is 5.07. The first-order chi connectivity index (χ1) is 7.90. The average Bonchev–Trinajstić information content (AvgIpc) is 2.38. The number of anilines is 1. The molecule has 0 saturated heterocycles. The summed E-state index contributed by atoms with van der Waals surface area (Å²) >= 11 is 0. The van der Waals surface area contributed by atoms with E-state index in [0.29, 0.717) is 12.4 Å². The van der Waals surface area contributed by atoms with Crippen molar-refractivity contribution in [2.24, 2.45) is 0 Å². The lowest BCUT2D eigenvalue weighted by Gasteiger charge is -2.15. The first kappa shape index (κ1) is 10.4. The molecule has 1 amide bonds. The van der Waals surface area contributed by atoms with Crippen LogP contribution in [0.2, 0.25) is 0 Å². The van der Waals surface area contributed by atoms with Crippen molar-refractivity contribution in [1.29, 1.82) is 0 Å². The van der Waals surface area contributed by atoms with Crippen molar-refractivity contribution < 1.29 is 4.79 Å². The zero-order valence-corrected chi connectivity index (χ0v) is 8.78. The summed E-state index contributed by atoms with van der Waals surface area (Å²) < 4.78 is 0. The lowest BCUT2D eigenvalue weighted by Crippen LogP contribution is -2.21. The Bertz CT molecular complexity index is 442.